The molecule has 31 heavy (non-hydrogen) atoms. The predicted octanol–water partition coefficient (Wildman–Crippen LogP) is 2.69. The first-order valence-electron chi connectivity index (χ1n) is 10.1. The van der Waals surface area contributed by atoms with Crippen LogP contribution in [0.1, 0.15) is 16.2 Å². The molecule has 1 saturated heterocycles. The van der Waals surface area contributed by atoms with E-state index < -0.39 is 0 Å². The summed E-state index contributed by atoms with van der Waals surface area (Å²) < 4.78 is 12.8. The summed E-state index contributed by atoms with van der Waals surface area (Å²) in [5.41, 5.74) is 1.52. The Balaban J connectivity index is 1.25. The minimum Gasteiger partial charge on any atom is -0.493 e. The number of amides is 1. The Labute approximate surface area is 178 Å². The number of hydrogen-bond acceptors (Lipinski definition) is 7. The van der Waals surface area contributed by atoms with Crippen molar-refractivity contribution in [1.29, 1.82) is 0 Å². The molecule has 1 aliphatic rings. The molecule has 1 aliphatic heterocycles. The zero-order chi connectivity index (χ0) is 21.4. The standard InChI is InChI=1S/C22H22N6O3/c1-15-8-9-28(25-15)20-7-6-19(23-24-20)26-10-12-27(13-11-26)22(29)18-14-16-4-3-5-17(30-2)21(16)31-18/h3-9,14H,10-13H2,1-2H3. The van der Waals surface area contributed by atoms with E-state index in [-0.39, 0.29) is 5.91 Å². The molecule has 1 fully saturated rings. The molecule has 0 bridgehead atoms. The van der Waals surface area contributed by atoms with Gasteiger partial charge in [-0.25, -0.2) is 4.68 Å². The van der Waals surface area contributed by atoms with Gasteiger partial charge in [0.1, 0.15) is 0 Å². The van der Waals surface area contributed by atoms with Crippen molar-refractivity contribution in [3.05, 3.63) is 60.1 Å². The van der Waals surface area contributed by atoms with Crippen LogP contribution in [0.3, 0.4) is 0 Å². The van der Waals surface area contributed by atoms with Gasteiger partial charge in [-0.2, -0.15) is 5.10 Å². The Morgan fingerprint density at radius 2 is 1.81 bits per heavy atom. The molecule has 158 valence electrons. The van der Waals surface area contributed by atoms with Crippen LogP contribution < -0.4 is 9.64 Å². The van der Waals surface area contributed by atoms with Gasteiger partial charge >= 0.3 is 0 Å². The maximum absolute atomic E-state index is 13.0. The summed E-state index contributed by atoms with van der Waals surface area (Å²) in [5.74, 6) is 2.29. The average molecular weight is 418 g/mol. The van der Waals surface area contributed by atoms with E-state index in [1.54, 1.807) is 22.8 Å². The molecule has 9 heteroatoms. The van der Waals surface area contributed by atoms with Crippen molar-refractivity contribution in [2.24, 2.45) is 0 Å². The maximum atomic E-state index is 13.0. The van der Waals surface area contributed by atoms with Gasteiger partial charge in [-0.3, -0.25) is 4.79 Å². The van der Waals surface area contributed by atoms with E-state index in [2.05, 4.69) is 20.2 Å². The molecule has 4 heterocycles. The van der Waals surface area contributed by atoms with Gasteiger partial charge in [0.05, 0.1) is 12.8 Å². The Morgan fingerprint density at radius 3 is 2.48 bits per heavy atom. The number of aryl methyl sites for hydroxylation is 1. The van der Waals surface area contributed by atoms with Gasteiger partial charge in [-0.1, -0.05) is 12.1 Å². The van der Waals surface area contributed by atoms with Crippen LogP contribution in [0.4, 0.5) is 5.82 Å². The SMILES string of the molecule is COc1cccc2cc(C(=O)N3CCN(c4ccc(-n5ccc(C)n5)nn4)CC3)oc12. The number of anilines is 1. The number of rotatable bonds is 4. The fourth-order valence-corrected chi connectivity index (χ4v) is 3.75. The third-order valence-corrected chi connectivity index (χ3v) is 5.42. The maximum Gasteiger partial charge on any atom is 0.289 e. The normalized spacial score (nSPS) is 14.3. The summed E-state index contributed by atoms with van der Waals surface area (Å²) in [6, 6.07) is 13.1. The summed E-state index contributed by atoms with van der Waals surface area (Å²) in [6.07, 6.45) is 1.86. The number of methoxy groups -OCH3 is 1. The second-order valence-corrected chi connectivity index (χ2v) is 7.42. The lowest BCUT2D eigenvalue weighted by Crippen LogP contribution is -2.49. The Morgan fingerprint density at radius 1 is 1.03 bits per heavy atom. The third-order valence-electron chi connectivity index (χ3n) is 5.42. The van der Waals surface area contributed by atoms with Crippen molar-refractivity contribution in [3.8, 4) is 11.6 Å². The van der Waals surface area contributed by atoms with Gasteiger partial charge < -0.3 is 19.0 Å². The van der Waals surface area contributed by atoms with Crippen molar-refractivity contribution in [2.75, 3.05) is 38.2 Å². The predicted molar refractivity (Wildman–Crippen MR) is 115 cm³/mol. The van der Waals surface area contributed by atoms with E-state index in [1.807, 2.05) is 49.5 Å². The van der Waals surface area contributed by atoms with E-state index in [4.69, 9.17) is 9.15 Å². The molecule has 1 aromatic carbocycles. The van der Waals surface area contributed by atoms with Crippen LogP contribution in [0.25, 0.3) is 16.8 Å². The zero-order valence-electron chi connectivity index (χ0n) is 17.4. The van der Waals surface area contributed by atoms with Gasteiger partial charge in [-0.15, -0.1) is 10.2 Å². The number of ether oxygens (including phenoxy) is 1. The number of hydrogen-bond donors (Lipinski definition) is 0. The van der Waals surface area contributed by atoms with Gasteiger partial charge in [0.2, 0.25) is 0 Å². The lowest BCUT2D eigenvalue weighted by atomic mass is 10.2. The highest BCUT2D eigenvalue weighted by atomic mass is 16.5. The number of benzene rings is 1. The average Bonchev–Trinajstić information content (AvgIpc) is 3.45. The summed E-state index contributed by atoms with van der Waals surface area (Å²) >= 11 is 0. The molecule has 0 N–H and O–H groups in total. The van der Waals surface area contributed by atoms with Gasteiger partial charge in [0, 0.05) is 37.8 Å². The molecule has 5 rings (SSSR count). The number of carbonyl (C=O) groups excluding carboxylic acids is 1. The van der Waals surface area contributed by atoms with Crippen LogP contribution in [0.15, 0.2) is 53.1 Å². The number of aromatic nitrogens is 4. The van der Waals surface area contributed by atoms with Crippen LogP contribution in [0.2, 0.25) is 0 Å². The summed E-state index contributed by atoms with van der Waals surface area (Å²) in [6.45, 7) is 4.43. The number of carbonyl (C=O) groups is 1. The molecule has 9 nitrogen and oxygen atoms in total. The van der Waals surface area contributed by atoms with Crippen LogP contribution in [-0.4, -0.2) is 64.1 Å². The smallest absolute Gasteiger partial charge is 0.289 e. The van der Waals surface area contributed by atoms with E-state index in [1.165, 1.54) is 0 Å². The highest BCUT2D eigenvalue weighted by Crippen LogP contribution is 2.29. The molecule has 0 spiro atoms. The summed E-state index contributed by atoms with van der Waals surface area (Å²) in [5, 5.41) is 13.8. The van der Waals surface area contributed by atoms with E-state index in [0.717, 1.165) is 16.9 Å². The molecule has 3 aromatic heterocycles. The van der Waals surface area contributed by atoms with Crippen LogP contribution in [0.5, 0.6) is 5.75 Å². The Bertz CT molecular complexity index is 1220. The number of furan rings is 1. The monoisotopic (exact) mass is 418 g/mol. The van der Waals surface area contributed by atoms with Gasteiger partial charge in [0.15, 0.2) is 28.7 Å². The second-order valence-electron chi connectivity index (χ2n) is 7.42. The second kappa shape index (κ2) is 7.75. The third kappa shape index (κ3) is 3.58. The highest BCUT2D eigenvalue weighted by molar-refractivity contribution is 5.97. The molecule has 0 unspecified atom stereocenters. The van der Waals surface area contributed by atoms with Crippen molar-refractivity contribution in [1.82, 2.24) is 24.9 Å². The van der Waals surface area contributed by atoms with E-state index in [9.17, 15) is 4.79 Å². The molecule has 4 aromatic rings. The fourth-order valence-electron chi connectivity index (χ4n) is 3.75. The number of fused-ring (bicyclic) bond motifs is 1. The molecule has 0 atom stereocenters. The number of para-hydroxylation sites is 1. The topological polar surface area (TPSA) is 89.5 Å². The minimum absolute atomic E-state index is 0.117. The van der Waals surface area contributed by atoms with E-state index >= 15 is 0 Å². The fraction of sp³-hybridized carbons (Fsp3) is 0.273. The largest absolute Gasteiger partial charge is 0.493 e. The molecule has 0 aliphatic carbocycles. The Kier molecular flexibility index (Phi) is 4.78. The number of piperazine rings is 1. The molecular weight excluding hydrogens is 396 g/mol. The molecule has 0 radical (unpaired) electrons. The first-order valence-corrected chi connectivity index (χ1v) is 10.1. The van der Waals surface area contributed by atoms with Crippen molar-refractivity contribution >= 4 is 22.7 Å². The quantitative estimate of drug-likeness (QED) is 0.503. The number of nitrogens with zero attached hydrogens (tertiary/aromatic N) is 6. The first kappa shape index (κ1) is 19.1. The molecule has 0 saturated carbocycles. The highest BCUT2D eigenvalue weighted by Gasteiger charge is 2.26. The van der Waals surface area contributed by atoms with Crippen LogP contribution in [0, 0.1) is 6.92 Å². The van der Waals surface area contributed by atoms with Crippen molar-refractivity contribution < 1.29 is 13.9 Å². The summed E-state index contributed by atoms with van der Waals surface area (Å²) in [4.78, 5) is 16.9. The van der Waals surface area contributed by atoms with E-state index in [0.29, 0.717) is 49.1 Å². The lowest BCUT2D eigenvalue weighted by Gasteiger charge is -2.34. The van der Waals surface area contributed by atoms with Gasteiger partial charge in [0.25, 0.3) is 5.91 Å². The van der Waals surface area contributed by atoms with Crippen LogP contribution in [-0.2, 0) is 0 Å². The van der Waals surface area contributed by atoms with Crippen LogP contribution >= 0.6 is 0 Å². The molecular formula is C22H22N6O3. The Hall–Kier alpha value is -3.88. The molecule has 1 amide bonds. The lowest BCUT2D eigenvalue weighted by molar-refractivity contribution is 0.0716. The van der Waals surface area contributed by atoms with Crippen molar-refractivity contribution in [3.63, 3.8) is 0 Å². The summed E-state index contributed by atoms with van der Waals surface area (Å²) in [7, 11) is 1.59. The zero-order valence-corrected chi connectivity index (χ0v) is 17.4. The first-order chi connectivity index (χ1) is 15.1. The van der Waals surface area contributed by atoms with Crippen molar-refractivity contribution in [2.45, 2.75) is 6.92 Å². The van der Waals surface area contributed by atoms with Gasteiger partial charge in [-0.05, 0) is 37.3 Å². The minimum atomic E-state index is -0.117.